The minimum atomic E-state index is 0.469. The Morgan fingerprint density at radius 3 is 2.60 bits per heavy atom. The van der Waals surface area contributed by atoms with Crippen LogP contribution in [0, 0.1) is 11.3 Å². The summed E-state index contributed by atoms with van der Waals surface area (Å²) in [5.41, 5.74) is 1.90. The lowest BCUT2D eigenvalue weighted by molar-refractivity contribution is 0.244. The maximum atomic E-state index is 4.22. The van der Waals surface area contributed by atoms with E-state index in [0.717, 1.165) is 11.8 Å². The van der Waals surface area contributed by atoms with E-state index >= 15 is 0 Å². The van der Waals surface area contributed by atoms with E-state index < -0.39 is 0 Å². The van der Waals surface area contributed by atoms with Gasteiger partial charge >= 0.3 is 0 Å². The van der Waals surface area contributed by atoms with Gasteiger partial charge in [-0.15, -0.1) is 0 Å². The number of hydrogen-bond donors (Lipinski definition) is 0. The molecule has 1 aliphatic rings. The van der Waals surface area contributed by atoms with Crippen molar-refractivity contribution in [2.45, 2.75) is 46.0 Å². The van der Waals surface area contributed by atoms with Crippen LogP contribution in [-0.4, -0.2) is 4.98 Å². The quantitative estimate of drug-likeness (QED) is 0.672. The second kappa shape index (κ2) is 3.96. The van der Waals surface area contributed by atoms with Gasteiger partial charge in [-0.25, -0.2) is 0 Å². The van der Waals surface area contributed by atoms with Crippen LogP contribution in [0.5, 0.6) is 0 Å². The maximum Gasteiger partial charge on any atom is 0.0302 e. The van der Waals surface area contributed by atoms with Crippen molar-refractivity contribution in [2.75, 3.05) is 0 Å². The lowest BCUT2D eigenvalue weighted by Gasteiger charge is -2.26. The molecule has 1 aromatic rings. The molecule has 1 aromatic heterocycles. The molecule has 2 atom stereocenters. The first kappa shape index (κ1) is 10.7. The van der Waals surface area contributed by atoms with Crippen LogP contribution in [0.25, 0.3) is 0 Å². The third-order valence-electron chi connectivity index (χ3n) is 3.81. The molecule has 2 rings (SSSR count). The van der Waals surface area contributed by atoms with E-state index in [2.05, 4.69) is 37.9 Å². The molecule has 0 spiro atoms. The summed E-state index contributed by atoms with van der Waals surface area (Å²) in [7, 11) is 0. The van der Waals surface area contributed by atoms with E-state index in [0.29, 0.717) is 5.41 Å². The molecule has 0 amide bonds. The van der Waals surface area contributed by atoms with Crippen molar-refractivity contribution >= 4 is 0 Å². The molecule has 1 aliphatic carbocycles. The predicted molar refractivity (Wildman–Crippen MR) is 63.8 cm³/mol. The van der Waals surface area contributed by atoms with E-state index in [9.17, 15) is 0 Å². The van der Waals surface area contributed by atoms with Gasteiger partial charge in [0.25, 0.3) is 0 Å². The van der Waals surface area contributed by atoms with Gasteiger partial charge in [-0.1, -0.05) is 26.8 Å². The minimum Gasteiger partial charge on any atom is -0.264 e. The second-order valence-electron chi connectivity index (χ2n) is 5.86. The summed E-state index contributed by atoms with van der Waals surface area (Å²) < 4.78 is 0. The largest absolute Gasteiger partial charge is 0.264 e. The number of pyridine rings is 1. The number of rotatable bonds is 1. The van der Waals surface area contributed by atoms with Crippen LogP contribution < -0.4 is 0 Å². The third-order valence-corrected chi connectivity index (χ3v) is 3.81. The van der Waals surface area contributed by atoms with Gasteiger partial charge in [-0.05, 0) is 48.1 Å². The number of hydrogen-bond acceptors (Lipinski definition) is 1. The van der Waals surface area contributed by atoms with Crippen LogP contribution in [0.2, 0.25) is 0 Å². The molecule has 2 unspecified atom stereocenters. The Hall–Kier alpha value is -0.850. The maximum absolute atomic E-state index is 4.22. The molecule has 1 heterocycles. The summed E-state index contributed by atoms with van der Waals surface area (Å²) in [6.07, 6.45) is 7.96. The monoisotopic (exact) mass is 203 g/mol. The summed E-state index contributed by atoms with van der Waals surface area (Å²) >= 11 is 0. The predicted octanol–water partition coefficient (Wildman–Crippen LogP) is 4.01. The molecule has 0 N–H and O–H groups in total. The van der Waals surface area contributed by atoms with Gasteiger partial charge in [0.2, 0.25) is 0 Å². The Labute approximate surface area is 92.9 Å². The Balaban J connectivity index is 2.05. The second-order valence-corrected chi connectivity index (χ2v) is 5.86. The van der Waals surface area contributed by atoms with Gasteiger partial charge in [0.1, 0.15) is 0 Å². The van der Waals surface area contributed by atoms with Gasteiger partial charge in [0.05, 0.1) is 0 Å². The fourth-order valence-corrected chi connectivity index (χ4v) is 2.69. The minimum absolute atomic E-state index is 0.469. The van der Waals surface area contributed by atoms with Crippen LogP contribution in [0.15, 0.2) is 24.5 Å². The van der Waals surface area contributed by atoms with Crippen LogP contribution in [0.4, 0.5) is 0 Å². The molecule has 15 heavy (non-hydrogen) atoms. The fourth-order valence-electron chi connectivity index (χ4n) is 2.69. The van der Waals surface area contributed by atoms with Crippen molar-refractivity contribution in [3.8, 4) is 0 Å². The molecular formula is C14H21N. The zero-order valence-corrected chi connectivity index (χ0v) is 10.0. The first-order chi connectivity index (χ1) is 7.07. The lowest BCUT2D eigenvalue weighted by Crippen LogP contribution is -2.17. The Morgan fingerprint density at radius 1 is 1.27 bits per heavy atom. The molecule has 1 nitrogen and oxygen atoms in total. The average molecular weight is 203 g/mol. The molecule has 0 aliphatic heterocycles. The molecule has 1 saturated carbocycles. The lowest BCUT2D eigenvalue weighted by atomic mass is 9.79. The Morgan fingerprint density at radius 2 is 2.07 bits per heavy atom. The van der Waals surface area contributed by atoms with Crippen molar-refractivity contribution in [2.24, 2.45) is 11.3 Å². The Kier molecular flexibility index (Phi) is 2.81. The van der Waals surface area contributed by atoms with Gasteiger partial charge in [0, 0.05) is 12.4 Å². The summed E-state index contributed by atoms with van der Waals surface area (Å²) in [5.74, 6) is 1.63. The van der Waals surface area contributed by atoms with Crippen molar-refractivity contribution in [3.05, 3.63) is 30.1 Å². The van der Waals surface area contributed by atoms with Crippen LogP contribution in [0.3, 0.4) is 0 Å². The molecule has 0 saturated heterocycles. The van der Waals surface area contributed by atoms with E-state index in [1.165, 1.54) is 24.8 Å². The van der Waals surface area contributed by atoms with E-state index in [-0.39, 0.29) is 0 Å². The van der Waals surface area contributed by atoms with Gasteiger partial charge in [-0.3, -0.25) is 4.98 Å². The molecule has 82 valence electrons. The van der Waals surface area contributed by atoms with E-state index in [4.69, 9.17) is 0 Å². The zero-order valence-electron chi connectivity index (χ0n) is 10.0. The summed E-state index contributed by atoms with van der Waals surface area (Å²) in [6.45, 7) is 7.09. The van der Waals surface area contributed by atoms with Crippen LogP contribution in [0.1, 0.15) is 51.5 Å². The highest BCUT2D eigenvalue weighted by Gasteiger charge is 2.33. The topological polar surface area (TPSA) is 12.9 Å². The van der Waals surface area contributed by atoms with Crippen LogP contribution >= 0.6 is 0 Å². The van der Waals surface area contributed by atoms with E-state index in [1.54, 1.807) is 0 Å². The van der Waals surface area contributed by atoms with Crippen LogP contribution in [-0.2, 0) is 0 Å². The van der Waals surface area contributed by atoms with Crippen molar-refractivity contribution < 1.29 is 0 Å². The third kappa shape index (κ3) is 2.39. The highest BCUT2D eigenvalue weighted by molar-refractivity contribution is 5.16. The zero-order chi connectivity index (χ0) is 10.9. The molecule has 1 heteroatoms. The highest BCUT2D eigenvalue weighted by atomic mass is 14.6. The van der Waals surface area contributed by atoms with Gasteiger partial charge in [0.15, 0.2) is 0 Å². The SMILES string of the molecule is CC(C)(C)C1CCC(c2cccnc2)C1. The van der Waals surface area contributed by atoms with Gasteiger partial charge < -0.3 is 0 Å². The molecule has 0 aromatic carbocycles. The number of nitrogens with zero attached hydrogens (tertiary/aromatic N) is 1. The fraction of sp³-hybridized carbons (Fsp3) is 0.643. The smallest absolute Gasteiger partial charge is 0.0302 e. The number of aromatic nitrogens is 1. The molecular weight excluding hydrogens is 182 g/mol. The van der Waals surface area contributed by atoms with Crippen molar-refractivity contribution in [3.63, 3.8) is 0 Å². The molecule has 0 bridgehead atoms. The molecule has 1 fully saturated rings. The van der Waals surface area contributed by atoms with Crippen molar-refractivity contribution in [1.29, 1.82) is 0 Å². The van der Waals surface area contributed by atoms with E-state index in [1.807, 2.05) is 12.4 Å². The highest BCUT2D eigenvalue weighted by Crippen LogP contribution is 2.45. The summed E-state index contributed by atoms with van der Waals surface area (Å²) in [5, 5.41) is 0. The summed E-state index contributed by atoms with van der Waals surface area (Å²) in [6, 6.07) is 4.28. The average Bonchev–Trinajstić information content (AvgIpc) is 2.67. The van der Waals surface area contributed by atoms with Crippen molar-refractivity contribution in [1.82, 2.24) is 4.98 Å². The Bertz CT molecular complexity index is 310. The summed E-state index contributed by atoms with van der Waals surface area (Å²) in [4.78, 5) is 4.22. The first-order valence-corrected chi connectivity index (χ1v) is 5.97. The standard InChI is InChI=1S/C14H21N/c1-14(2,3)13-7-6-11(9-13)12-5-4-8-15-10-12/h4-5,8,10-11,13H,6-7,9H2,1-3H3. The first-order valence-electron chi connectivity index (χ1n) is 5.97. The van der Waals surface area contributed by atoms with Gasteiger partial charge in [-0.2, -0.15) is 0 Å². The normalized spacial score (nSPS) is 26.9. The molecule has 0 radical (unpaired) electrons.